The van der Waals surface area contributed by atoms with Gasteiger partial charge in [0.15, 0.2) is 0 Å². The van der Waals surface area contributed by atoms with Gasteiger partial charge in [-0.3, -0.25) is 0 Å². The van der Waals surface area contributed by atoms with Crippen LogP contribution in [0.4, 0.5) is 4.39 Å². The molecule has 0 aliphatic rings. The van der Waals surface area contributed by atoms with Crippen molar-refractivity contribution in [3.63, 3.8) is 0 Å². The third-order valence-electron chi connectivity index (χ3n) is 1.85. The lowest BCUT2D eigenvalue weighted by Crippen LogP contribution is -1.90. The van der Waals surface area contributed by atoms with Gasteiger partial charge in [0.2, 0.25) is 0 Å². The van der Waals surface area contributed by atoms with Gasteiger partial charge >= 0.3 is 0 Å². The minimum Gasteiger partial charge on any atom is -0.225 e. The quantitative estimate of drug-likeness (QED) is 0.758. The lowest BCUT2D eigenvalue weighted by Gasteiger charge is -1.96. The monoisotopic (exact) mass is 208 g/mol. The van der Waals surface area contributed by atoms with Crippen LogP contribution in [-0.2, 0) is 6.42 Å². The highest BCUT2D eigenvalue weighted by Crippen LogP contribution is 2.09. The first-order valence-electron chi connectivity index (χ1n) is 4.27. The average molecular weight is 208 g/mol. The molecule has 0 amide bonds. The lowest BCUT2D eigenvalue weighted by atomic mass is 10.1. The molecule has 2 nitrogen and oxygen atoms in total. The molecule has 2 aromatic rings. The molecule has 1 aromatic carbocycles. The summed E-state index contributed by atoms with van der Waals surface area (Å²) in [6.07, 6.45) is 0.671. The van der Waals surface area contributed by atoms with Crippen molar-refractivity contribution in [1.29, 1.82) is 0 Å². The third-order valence-corrected chi connectivity index (χ3v) is 2.50. The van der Waals surface area contributed by atoms with Crippen LogP contribution in [0.5, 0.6) is 0 Å². The SMILES string of the molecule is Cc1nc(Cc2ccc(F)cc2)ns1. The summed E-state index contributed by atoms with van der Waals surface area (Å²) in [7, 11) is 0. The molecule has 4 heteroatoms. The summed E-state index contributed by atoms with van der Waals surface area (Å²) >= 11 is 1.39. The van der Waals surface area contributed by atoms with Gasteiger partial charge in [0, 0.05) is 6.42 Å². The summed E-state index contributed by atoms with van der Waals surface area (Å²) in [5.74, 6) is 0.593. The van der Waals surface area contributed by atoms with Crippen molar-refractivity contribution in [2.24, 2.45) is 0 Å². The minimum atomic E-state index is -0.212. The van der Waals surface area contributed by atoms with E-state index in [1.807, 2.05) is 6.92 Å². The summed E-state index contributed by atoms with van der Waals surface area (Å²) < 4.78 is 16.8. The predicted octanol–water partition coefficient (Wildman–Crippen LogP) is 2.58. The van der Waals surface area contributed by atoms with E-state index in [0.29, 0.717) is 6.42 Å². The topological polar surface area (TPSA) is 25.8 Å². The Hall–Kier alpha value is -1.29. The van der Waals surface area contributed by atoms with E-state index in [2.05, 4.69) is 9.36 Å². The third kappa shape index (κ3) is 2.14. The molecule has 0 fully saturated rings. The first-order valence-corrected chi connectivity index (χ1v) is 5.05. The lowest BCUT2D eigenvalue weighted by molar-refractivity contribution is 0.627. The number of nitrogens with zero attached hydrogens (tertiary/aromatic N) is 2. The molecule has 1 aromatic heterocycles. The van der Waals surface area contributed by atoms with Gasteiger partial charge in [-0.1, -0.05) is 12.1 Å². The number of rotatable bonds is 2. The Morgan fingerprint density at radius 3 is 2.57 bits per heavy atom. The van der Waals surface area contributed by atoms with E-state index in [1.54, 1.807) is 12.1 Å². The van der Waals surface area contributed by atoms with Gasteiger partial charge in [-0.25, -0.2) is 9.37 Å². The van der Waals surface area contributed by atoms with E-state index in [1.165, 1.54) is 23.7 Å². The zero-order valence-corrected chi connectivity index (χ0v) is 8.51. The standard InChI is InChI=1S/C10H9FN2S/c1-7-12-10(13-14-7)6-8-2-4-9(11)5-3-8/h2-5H,6H2,1H3. The second-order valence-electron chi connectivity index (χ2n) is 3.03. The second kappa shape index (κ2) is 3.84. The Balaban J connectivity index is 2.15. The van der Waals surface area contributed by atoms with Crippen molar-refractivity contribution in [1.82, 2.24) is 9.36 Å². The molecular formula is C10H9FN2S. The smallest absolute Gasteiger partial charge is 0.146 e. The first kappa shape index (κ1) is 9.27. The molecule has 1 heterocycles. The second-order valence-corrected chi connectivity index (χ2v) is 3.99. The van der Waals surface area contributed by atoms with Crippen LogP contribution in [0.15, 0.2) is 24.3 Å². The number of hydrogen-bond acceptors (Lipinski definition) is 3. The fourth-order valence-corrected chi connectivity index (χ4v) is 1.69. The Kier molecular flexibility index (Phi) is 2.54. The van der Waals surface area contributed by atoms with E-state index < -0.39 is 0 Å². The molecule has 0 saturated carbocycles. The van der Waals surface area contributed by atoms with Crippen molar-refractivity contribution >= 4 is 11.5 Å². The normalized spacial score (nSPS) is 10.4. The summed E-state index contributed by atoms with van der Waals surface area (Å²) in [5, 5.41) is 0.960. The van der Waals surface area contributed by atoms with E-state index in [9.17, 15) is 4.39 Å². The van der Waals surface area contributed by atoms with Crippen LogP contribution < -0.4 is 0 Å². The summed E-state index contributed by atoms with van der Waals surface area (Å²) in [6.45, 7) is 1.92. The Labute approximate surface area is 85.6 Å². The van der Waals surface area contributed by atoms with E-state index in [4.69, 9.17) is 0 Å². The molecule has 2 rings (SSSR count). The molecule has 0 aliphatic heterocycles. The van der Waals surface area contributed by atoms with Crippen LogP contribution >= 0.6 is 11.5 Å². The van der Waals surface area contributed by atoms with Gasteiger partial charge in [-0.2, -0.15) is 4.37 Å². The number of hydrogen-bond donors (Lipinski definition) is 0. The van der Waals surface area contributed by atoms with Gasteiger partial charge in [0.05, 0.1) is 0 Å². The van der Waals surface area contributed by atoms with Gasteiger partial charge in [0.1, 0.15) is 16.6 Å². The maximum absolute atomic E-state index is 12.6. The van der Waals surface area contributed by atoms with Crippen molar-refractivity contribution in [2.45, 2.75) is 13.3 Å². The van der Waals surface area contributed by atoms with Crippen LogP contribution in [0, 0.1) is 12.7 Å². The fourth-order valence-electron chi connectivity index (χ4n) is 1.20. The number of halogens is 1. The maximum atomic E-state index is 12.6. The van der Waals surface area contributed by atoms with Crippen molar-refractivity contribution in [2.75, 3.05) is 0 Å². The summed E-state index contributed by atoms with van der Waals surface area (Å²) in [5.41, 5.74) is 1.03. The van der Waals surface area contributed by atoms with Crippen molar-refractivity contribution < 1.29 is 4.39 Å². The van der Waals surface area contributed by atoms with E-state index in [0.717, 1.165) is 16.4 Å². The molecule has 72 valence electrons. The van der Waals surface area contributed by atoms with Crippen LogP contribution in [0.2, 0.25) is 0 Å². The van der Waals surface area contributed by atoms with Crippen LogP contribution in [0.25, 0.3) is 0 Å². The molecule has 0 unspecified atom stereocenters. The Bertz CT molecular complexity index is 422. The zero-order valence-electron chi connectivity index (χ0n) is 7.70. The van der Waals surface area contributed by atoms with Gasteiger partial charge in [-0.05, 0) is 36.2 Å². The average Bonchev–Trinajstić information content (AvgIpc) is 2.56. The Morgan fingerprint density at radius 2 is 2.00 bits per heavy atom. The zero-order chi connectivity index (χ0) is 9.97. The van der Waals surface area contributed by atoms with Gasteiger partial charge < -0.3 is 0 Å². The van der Waals surface area contributed by atoms with Crippen LogP contribution in [-0.4, -0.2) is 9.36 Å². The highest BCUT2D eigenvalue weighted by molar-refractivity contribution is 7.05. The fraction of sp³-hybridized carbons (Fsp3) is 0.200. The largest absolute Gasteiger partial charge is 0.225 e. The Morgan fingerprint density at radius 1 is 1.29 bits per heavy atom. The number of aromatic nitrogens is 2. The van der Waals surface area contributed by atoms with Crippen molar-refractivity contribution in [3.05, 3.63) is 46.5 Å². The maximum Gasteiger partial charge on any atom is 0.146 e. The molecule has 0 radical (unpaired) electrons. The molecule has 0 N–H and O–H groups in total. The predicted molar refractivity (Wildman–Crippen MR) is 53.9 cm³/mol. The molecule has 0 spiro atoms. The van der Waals surface area contributed by atoms with Gasteiger partial charge in [-0.15, -0.1) is 0 Å². The van der Waals surface area contributed by atoms with Crippen LogP contribution in [0.3, 0.4) is 0 Å². The molecule has 0 bridgehead atoms. The summed E-state index contributed by atoms with van der Waals surface area (Å²) in [6, 6.07) is 6.42. The molecule has 0 saturated heterocycles. The highest BCUT2D eigenvalue weighted by atomic mass is 32.1. The van der Waals surface area contributed by atoms with E-state index in [-0.39, 0.29) is 5.82 Å². The first-order chi connectivity index (χ1) is 6.74. The molecule has 0 atom stereocenters. The van der Waals surface area contributed by atoms with Crippen LogP contribution in [0.1, 0.15) is 16.4 Å². The number of aryl methyl sites for hydroxylation is 1. The van der Waals surface area contributed by atoms with Crippen molar-refractivity contribution in [3.8, 4) is 0 Å². The number of benzene rings is 1. The highest BCUT2D eigenvalue weighted by Gasteiger charge is 2.01. The minimum absolute atomic E-state index is 0.212. The molecule has 0 aliphatic carbocycles. The molecule has 14 heavy (non-hydrogen) atoms. The molecular weight excluding hydrogens is 199 g/mol. The van der Waals surface area contributed by atoms with Gasteiger partial charge in [0.25, 0.3) is 0 Å². The summed E-state index contributed by atoms with van der Waals surface area (Å²) in [4.78, 5) is 4.24. The van der Waals surface area contributed by atoms with E-state index >= 15 is 0 Å².